The van der Waals surface area contributed by atoms with Gasteiger partial charge in [0.2, 0.25) is 0 Å². The molecule has 0 atom stereocenters. The number of halogens is 1. The summed E-state index contributed by atoms with van der Waals surface area (Å²) in [5.74, 6) is 0. The second-order valence-corrected chi connectivity index (χ2v) is 2.73. The zero-order valence-electron chi connectivity index (χ0n) is 6.31. The maximum atomic E-state index is 3.90. The molecule has 2 aromatic rings. The highest BCUT2D eigenvalue weighted by molar-refractivity contribution is 9.10. The van der Waals surface area contributed by atoms with Gasteiger partial charge in [-0.05, 0) is 34.1 Å². The Morgan fingerprint density at radius 2 is 2.08 bits per heavy atom. The SMILES string of the molecule is Brc1ccccn1.c1cn[nH]c1. The van der Waals surface area contributed by atoms with Gasteiger partial charge in [0.25, 0.3) is 0 Å². The molecule has 0 saturated heterocycles. The van der Waals surface area contributed by atoms with E-state index in [1.807, 2.05) is 24.3 Å². The Kier molecular flexibility index (Phi) is 4.08. The third-order valence-electron chi connectivity index (χ3n) is 1.03. The first-order chi connectivity index (χ1) is 5.89. The molecule has 3 nitrogen and oxygen atoms in total. The van der Waals surface area contributed by atoms with Gasteiger partial charge in [-0.3, -0.25) is 5.10 Å². The van der Waals surface area contributed by atoms with Crippen LogP contribution >= 0.6 is 15.9 Å². The molecule has 2 heterocycles. The first kappa shape index (κ1) is 8.93. The van der Waals surface area contributed by atoms with Gasteiger partial charge in [-0.25, -0.2) is 4.98 Å². The standard InChI is InChI=1S/C5H4BrN.C3H4N2/c6-5-3-1-2-4-7-5;1-2-4-5-3-1/h1-4H;1-3H,(H,4,5). The monoisotopic (exact) mass is 225 g/mol. The van der Waals surface area contributed by atoms with Crippen LogP contribution in [0.1, 0.15) is 0 Å². The van der Waals surface area contributed by atoms with Crippen molar-refractivity contribution in [1.82, 2.24) is 15.2 Å². The summed E-state index contributed by atoms with van der Waals surface area (Å²) in [5.41, 5.74) is 0. The van der Waals surface area contributed by atoms with Crippen LogP contribution in [-0.4, -0.2) is 15.2 Å². The van der Waals surface area contributed by atoms with Crippen molar-refractivity contribution in [2.75, 3.05) is 0 Å². The number of hydrogen-bond donors (Lipinski definition) is 1. The van der Waals surface area contributed by atoms with Gasteiger partial charge in [0, 0.05) is 18.6 Å². The Labute approximate surface area is 79.0 Å². The van der Waals surface area contributed by atoms with E-state index in [0.717, 1.165) is 4.60 Å². The minimum absolute atomic E-state index is 0.884. The lowest BCUT2D eigenvalue weighted by molar-refractivity contribution is 1.09. The molecule has 0 bridgehead atoms. The van der Waals surface area contributed by atoms with Crippen molar-refractivity contribution in [3.8, 4) is 0 Å². The highest BCUT2D eigenvalue weighted by atomic mass is 79.9. The van der Waals surface area contributed by atoms with E-state index in [1.165, 1.54) is 0 Å². The summed E-state index contributed by atoms with van der Waals surface area (Å²) in [5, 5.41) is 6.21. The molecular formula is C8H8BrN3. The predicted octanol–water partition coefficient (Wildman–Crippen LogP) is 2.25. The lowest BCUT2D eigenvalue weighted by Gasteiger charge is -1.80. The van der Waals surface area contributed by atoms with Crippen LogP contribution in [0.2, 0.25) is 0 Å². The lowest BCUT2D eigenvalue weighted by Crippen LogP contribution is -1.66. The van der Waals surface area contributed by atoms with E-state index in [0.29, 0.717) is 0 Å². The van der Waals surface area contributed by atoms with Gasteiger partial charge in [0.1, 0.15) is 4.60 Å². The number of hydrogen-bond acceptors (Lipinski definition) is 2. The van der Waals surface area contributed by atoms with Gasteiger partial charge in [0.05, 0.1) is 0 Å². The van der Waals surface area contributed by atoms with E-state index in [-0.39, 0.29) is 0 Å². The maximum Gasteiger partial charge on any atom is 0.106 e. The normalized spacial score (nSPS) is 8.42. The summed E-state index contributed by atoms with van der Waals surface area (Å²) in [6, 6.07) is 7.53. The minimum Gasteiger partial charge on any atom is -0.286 e. The molecule has 0 saturated carbocycles. The van der Waals surface area contributed by atoms with Gasteiger partial charge < -0.3 is 0 Å². The van der Waals surface area contributed by atoms with Crippen LogP contribution < -0.4 is 0 Å². The van der Waals surface area contributed by atoms with Crippen LogP contribution in [0.25, 0.3) is 0 Å². The third-order valence-corrected chi connectivity index (χ3v) is 1.50. The minimum atomic E-state index is 0.884. The Balaban J connectivity index is 0.000000127. The molecule has 0 aliphatic rings. The number of nitrogens with one attached hydrogen (secondary N) is 1. The van der Waals surface area contributed by atoms with E-state index in [2.05, 4.69) is 31.1 Å². The Morgan fingerprint density at radius 3 is 2.33 bits per heavy atom. The second kappa shape index (κ2) is 5.49. The Hall–Kier alpha value is -1.16. The molecule has 0 aliphatic carbocycles. The number of rotatable bonds is 0. The van der Waals surface area contributed by atoms with Gasteiger partial charge in [-0.15, -0.1) is 0 Å². The van der Waals surface area contributed by atoms with E-state index in [4.69, 9.17) is 0 Å². The van der Waals surface area contributed by atoms with Gasteiger partial charge >= 0.3 is 0 Å². The van der Waals surface area contributed by atoms with Crippen LogP contribution in [0, 0.1) is 0 Å². The van der Waals surface area contributed by atoms with Crippen LogP contribution in [0.4, 0.5) is 0 Å². The van der Waals surface area contributed by atoms with Crippen LogP contribution in [-0.2, 0) is 0 Å². The molecule has 0 amide bonds. The van der Waals surface area contributed by atoms with Gasteiger partial charge in [0.15, 0.2) is 0 Å². The van der Waals surface area contributed by atoms with Gasteiger partial charge in [-0.2, -0.15) is 5.10 Å². The topological polar surface area (TPSA) is 41.6 Å². The molecule has 1 N–H and O–H groups in total. The Bertz CT molecular complexity index is 263. The quantitative estimate of drug-likeness (QED) is 0.700. The molecule has 0 aromatic carbocycles. The van der Waals surface area contributed by atoms with Crippen LogP contribution in [0.3, 0.4) is 0 Å². The number of H-pyrrole nitrogens is 1. The Morgan fingerprint density at radius 1 is 1.17 bits per heavy atom. The van der Waals surface area contributed by atoms with Gasteiger partial charge in [-0.1, -0.05) is 6.07 Å². The first-order valence-electron chi connectivity index (χ1n) is 3.40. The molecule has 0 aliphatic heterocycles. The maximum absolute atomic E-state index is 3.90. The van der Waals surface area contributed by atoms with Crippen molar-refractivity contribution in [3.63, 3.8) is 0 Å². The summed E-state index contributed by atoms with van der Waals surface area (Å²) >= 11 is 3.20. The fraction of sp³-hybridized carbons (Fsp3) is 0. The lowest BCUT2D eigenvalue weighted by atomic mass is 10.5. The zero-order valence-corrected chi connectivity index (χ0v) is 7.90. The number of aromatic amines is 1. The number of aromatic nitrogens is 3. The molecule has 2 aromatic heterocycles. The van der Waals surface area contributed by atoms with Crippen molar-refractivity contribution in [2.24, 2.45) is 0 Å². The second-order valence-electron chi connectivity index (χ2n) is 1.92. The molecule has 2 rings (SSSR count). The van der Waals surface area contributed by atoms with Crippen molar-refractivity contribution >= 4 is 15.9 Å². The molecule has 0 fully saturated rings. The van der Waals surface area contributed by atoms with E-state index in [9.17, 15) is 0 Å². The summed E-state index contributed by atoms with van der Waals surface area (Å²) < 4.78 is 0.884. The average Bonchev–Trinajstić information content (AvgIpc) is 2.62. The molecule has 0 spiro atoms. The molecule has 12 heavy (non-hydrogen) atoms. The van der Waals surface area contributed by atoms with E-state index >= 15 is 0 Å². The fourth-order valence-corrected chi connectivity index (χ4v) is 0.828. The molecular weight excluding hydrogens is 218 g/mol. The van der Waals surface area contributed by atoms with Crippen molar-refractivity contribution in [2.45, 2.75) is 0 Å². The van der Waals surface area contributed by atoms with Crippen molar-refractivity contribution in [3.05, 3.63) is 47.5 Å². The number of pyridine rings is 1. The summed E-state index contributed by atoms with van der Waals surface area (Å²) in [6.07, 6.45) is 5.20. The first-order valence-corrected chi connectivity index (χ1v) is 4.19. The molecule has 0 unspecified atom stereocenters. The third kappa shape index (κ3) is 3.88. The summed E-state index contributed by atoms with van der Waals surface area (Å²) in [7, 11) is 0. The van der Waals surface area contributed by atoms with Crippen LogP contribution in [0.15, 0.2) is 47.5 Å². The predicted molar refractivity (Wildman–Crippen MR) is 50.5 cm³/mol. The van der Waals surface area contributed by atoms with E-state index < -0.39 is 0 Å². The highest BCUT2D eigenvalue weighted by Crippen LogP contribution is 2.00. The molecule has 62 valence electrons. The smallest absolute Gasteiger partial charge is 0.106 e. The molecule has 0 radical (unpaired) electrons. The highest BCUT2D eigenvalue weighted by Gasteiger charge is 1.75. The number of nitrogens with zero attached hydrogens (tertiary/aromatic N) is 2. The summed E-state index contributed by atoms with van der Waals surface area (Å²) in [4.78, 5) is 3.90. The van der Waals surface area contributed by atoms with E-state index in [1.54, 1.807) is 18.6 Å². The average molecular weight is 226 g/mol. The largest absolute Gasteiger partial charge is 0.286 e. The fourth-order valence-electron chi connectivity index (χ4n) is 0.557. The summed E-state index contributed by atoms with van der Waals surface area (Å²) in [6.45, 7) is 0. The van der Waals surface area contributed by atoms with Crippen molar-refractivity contribution < 1.29 is 0 Å². The molecule has 4 heteroatoms. The van der Waals surface area contributed by atoms with Crippen LogP contribution in [0.5, 0.6) is 0 Å². The zero-order chi connectivity index (χ0) is 8.65. The van der Waals surface area contributed by atoms with Crippen molar-refractivity contribution in [1.29, 1.82) is 0 Å².